The van der Waals surface area contributed by atoms with Gasteiger partial charge in [-0.25, -0.2) is 0 Å². The molecule has 1 heterocycles. The van der Waals surface area contributed by atoms with Gasteiger partial charge >= 0.3 is 0 Å². The van der Waals surface area contributed by atoms with Crippen LogP contribution in [0, 0.1) is 0 Å². The molecule has 0 aliphatic carbocycles. The molecule has 0 radical (unpaired) electrons. The van der Waals surface area contributed by atoms with Crippen LogP contribution in [0.25, 0.3) is 0 Å². The lowest BCUT2D eigenvalue weighted by Gasteiger charge is -2.48. The molecular weight excluding hydrogens is 482 g/mol. The molecule has 0 bridgehead atoms. The van der Waals surface area contributed by atoms with E-state index >= 15 is 0 Å². The number of nitrogens with zero attached hydrogens (tertiary/aromatic N) is 3. The number of hydrogen-bond acceptors (Lipinski definition) is 4. The molecule has 0 aromatic heterocycles. The zero-order chi connectivity index (χ0) is 26.5. The smallest absolute Gasteiger partial charge is 0.254 e. The highest BCUT2D eigenvalue weighted by atomic mass is 35.5. The minimum atomic E-state index is -0.164. The van der Waals surface area contributed by atoms with E-state index in [1.165, 1.54) is 0 Å². The first-order valence-corrected chi connectivity index (χ1v) is 13.6. The van der Waals surface area contributed by atoms with E-state index < -0.39 is 0 Å². The van der Waals surface area contributed by atoms with Crippen LogP contribution in [-0.2, 0) is 6.54 Å². The summed E-state index contributed by atoms with van der Waals surface area (Å²) in [5, 5.41) is 11.2. The molecule has 0 saturated carbocycles. The number of carbonyl (C=O) groups excluding carboxylic acids is 1. The van der Waals surface area contributed by atoms with Gasteiger partial charge in [0.05, 0.1) is 6.04 Å². The standard InChI is InChI=1S/C31H38ClN3O2/c1-5-33(6-2)31(37)28-16-9-8-15-27(28)30(24-13-11-14-26(36)18-24)35-20-22(3)34(19-23(35)4)21-25-12-7-10-17-29(25)32/h7-18,22-23,30,36H,5-6,19-21H2,1-4H3/t22-,23+,30-/m1/s1. The summed E-state index contributed by atoms with van der Waals surface area (Å²) in [7, 11) is 0. The van der Waals surface area contributed by atoms with Gasteiger partial charge in [-0.3, -0.25) is 14.6 Å². The van der Waals surface area contributed by atoms with Crippen LogP contribution in [0.5, 0.6) is 5.75 Å². The van der Waals surface area contributed by atoms with Crippen molar-refractivity contribution in [3.8, 4) is 5.75 Å². The Kier molecular flexibility index (Phi) is 8.91. The first-order chi connectivity index (χ1) is 17.8. The fraction of sp³-hybridized carbons (Fsp3) is 0.387. The maximum atomic E-state index is 13.6. The van der Waals surface area contributed by atoms with Crippen LogP contribution in [0.4, 0.5) is 0 Å². The Labute approximate surface area is 226 Å². The van der Waals surface area contributed by atoms with Gasteiger partial charge in [0.15, 0.2) is 0 Å². The van der Waals surface area contributed by atoms with Crippen molar-refractivity contribution < 1.29 is 9.90 Å². The van der Waals surface area contributed by atoms with Crippen LogP contribution in [-0.4, -0.2) is 64.0 Å². The van der Waals surface area contributed by atoms with Gasteiger partial charge in [0, 0.05) is 55.4 Å². The van der Waals surface area contributed by atoms with E-state index in [1.54, 1.807) is 6.07 Å². The second kappa shape index (κ2) is 12.1. The van der Waals surface area contributed by atoms with Crippen molar-refractivity contribution in [1.82, 2.24) is 14.7 Å². The summed E-state index contributed by atoms with van der Waals surface area (Å²) in [6.45, 7) is 12.3. The lowest BCUT2D eigenvalue weighted by Crippen LogP contribution is -2.57. The Morgan fingerprint density at radius 1 is 0.973 bits per heavy atom. The maximum Gasteiger partial charge on any atom is 0.254 e. The zero-order valence-corrected chi connectivity index (χ0v) is 23.0. The van der Waals surface area contributed by atoms with Crippen molar-refractivity contribution in [1.29, 1.82) is 0 Å². The summed E-state index contributed by atoms with van der Waals surface area (Å²) >= 11 is 6.48. The molecule has 1 aliphatic heterocycles. The maximum absolute atomic E-state index is 13.6. The lowest BCUT2D eigenvalue weighted by atomic mass is 9.90. The van der Waals surface area contributed by atoms with E-state index in [-0.39, 0.29) is 29.8 Å². The summed E-state index contributed by atoms with van der Waals surface area (Å²) < 4.78 is 0. The number of aromatic hydroxyl groups is 1. The van der Waals surface area contributed by atoms with Gasteiger partial charge in [-0.1, -0.05) is 60.1 Å². The van der Waals surface area contributed by atoms with Crippen molar-refractivity contribution in [2.75, 3.05) is 26.2 Å². The van der Waals surface area contributed by atoms with Gasteiger partial charge in [-0.15, -0.1) is 0 Å². The molecule has 5 nitrogen and oxygen atoms in total. The summed E-state index contributed by atoms with van der Waals surface area (Å²) in [4.78, 5) is 20.4. The average molecular weight is 520 g/mol. The van der Waals surface area contributed by atoms with Crippen molar-refractivity contribution in [3.05, 3.63) is 100 Å². The molecule has 1 fully saturated rings. The first kappa shape index (κ1) is 27.2. The molecule has 37 heavy (non-hydrogen) atoms. The van der Waals surface area contributed by atoms with Crippen molar-refractivity contribution in [2.24, 2.45) is 0 Å². The molecule has 0 spiro atoms. The molecule has 3 aromatic carbocycles. The van der Waals surface area contributed by atoms with E-state index in [1.807, 2.05) is 67.3 Å². The van der Waals surface area contributed by atoms with E-state index in [0.29, 0.717) is 13.1 Å². The number of piperazine rings is 1. The van der Waals surface area contributed by atoms with Crippen molar-refractivity contribution >= 4 is 17.5 Å². The molecule has 3 atom stereocenters. The third-order valence-electron chi connectivity index (χ3n) is 7.55. The number of rotatable bonds is 8. The Hall–Kier alpha value is -2.86. The quantitative estimate of drug-likeness (QED) is 0.384. The monoisotopic (exact) mass is 519 g/mol. The molecule has 1 aliphatic rings. The van der Waals surface area contributed by atoms with E-state index in [0.717, 1.165) is 46.9 Å². The van der Waals surface area contributed by atoms with Crippen LogP contribution >= 0.6 is 11.6 Å². The van der Waals surface area contributed by atoms with Crippen molar-refractivity contribution in [3.63, 3.8) is 0 Å². The molecule has 1 N–H and O–H groups in total. The van der Waals surface area contributed by atoms with E-state index in [2.05, 4.69) is 41.8 Å². The Morgan fingerprint density at radius 2 is 1.68 bits per heavy atom. The molecule has 3 aromatic rings. The number of amides is 1. The van der Waals surface area contributed by atoms with Crippen LogP contribution in [0.15, 0.2) is 72.8 Å². The largest absolute Gasteiger partial charge is 0.508 e. The third kappa shape index (κ3) is 6.01. The molecule has 196 valence electrons. The highest BCUT2D eigenvalue weighted by Gasteiger charge is 2.36. The summed E-state index contributed by atoms with van der Waals surface area (Å²) in [5.74, 6) is 0.275. The summed E-state index contributed by atoms with van der Waals surface area (Å²) in [6, 6.07) is 23.8. The predicted octanol–water partition coefficient (Wildman–Crippen LogP) is 6.21. The minimum Gasteiger partial charge on any atom is -0.508 e. The van der Waals surface area contributed by atoms with Gasteiger partial charge in [0.1, 0.15) is 5.75 Å². The van der Waals surface area contributed by atoms with Crippen LogP contribution in [0.1, 0.15) is 60.8 Å². The number of benzene rings is 3. The first-order valence-electron chi connectivity index (χ1n) is 13.2. The zero-order valence-electron chi connectivity index (χ0n) is 22.3. The normalized spacial score (nSPS) is 19.5. The average Bonchev–Trinajstić information content (AvgIpc) is 2.89. The molecule has 1 amide bonds. The van der Waals surface area contributed by atoms with E-state index in [4.69, 9.17) is 11.6 Å². The fourth-order valence-corrected chi connectivity index (χ4v) is 5.70. The Bertz CT molecular complexity index is 1210. The molecule has 1 saturated heterocycles. The summed E-state index contributed by atoms with van der Waals surface area (Å²) in [6.07, 6.45) is 0. The van der Waals surface area contributed by atoms with Gasteiger partial charge in [0.2, 0.25) is 0 Å². The summed E-state index contributed by atoms with van der Waals surface area (Å²) in [5.41, 5.74) is 3.82. The van der Waals surface area contributed by atoms with Crippen molar-refractivity contribution in [2.45, 2.75) is 52.4 Å². The van der Waals surface area contributed by atoms with Gasteiger partial charge < -0.3 is 10.0 Å². The number of phenols is 1. The number of carbonyl (C=O) groups is 1. The minimum absolute atomic E-state index is 0.0452. The Morgan fingerprint density at radius 3 is 2.38 bits per heavy atom. The Balaban J connectivity index is 1.71. The van der Waals surface area contributed by atoms with Crippen LogP contribution in [0.3, 0.4) is 0 Å². The highest BCUT2D eigenvalue weighted by Crippen LogP contribution is 2.37. The second-order valence-electron chi connectivity index (χ2n) is 9.98. The van der Waals surface area contributed by atoms with Gasteiger partial charge in [-0.2, -0.15) is 0 Å². The molecule has 0 unspecified atom stereocenters. The molecule has 4 rings (SSSR count). The molecular formula is C31H38ClN3O2. The number of halogens is 1. The second-order valence-corrected chi connectivity index (χ2v) is 10.4. The number of phenolic OH excluding ortho intramolecular Hbond substituents is 1. The SMILES string of the molecule is CCN(CC)C(=O)c1ccccc1[C@@H](c1cccc(O)c1)N1C[C@@H](C)N(Cc2ccccc2Cl)C[C@@H]1C. The predicted molar refractivity (Wildman–Crippen MR) is 151 cm³/mol. The van der Waals surface area contributed by atoms with Crippen LogP contribution < -0.4 is 0 Å². The van der Waals surface area contributed by atoms with Gasteiger partial charge in [-0.05, 0) is 68.7 Å². The molecule has 6 heteroatoms. The topological polar surface area (TPSA) is 47.0 Å². The third-order valence-corrected chi connectivity index (χ3v) is 7.92. The van der Waals surface area contributed by atoms with E-state index in [9.17, 15) is 9.90 Å². The lowest BCUT2D eigenvalue weighted by molar-refractivity contribution is 0.0192. The number of hydrogen-bond donors (Lipinski definition) is 1. The highest BCUT2D eigenvalue weighted by molar-refractivity contribution is 6.31. The van der Waals surface area contributed by atoms with Gasteiger partial charge in [0.25, 0.3) is 5.91 Å². The van der Waals surface area contributed by atoms with Crippen LogP contribution in [0.2, 0.25) is 5.02 Å². The fourth-order valence-electron chi connectivity index (χ4n) is 5.51.